The maximum absolute atomic E-state index is 13.2. The monoisotopic (exact) mass is 313 g/mol. The molecule has 0 aliphatic heterocycles. The smallest absolute Gasteiger partial charge is 0.188 e. The Hall–Kier alpha value is -1.27. The Morgan fingerprint density at radius 3 is 2.95 bits per heavy atom. The number of nitrogens with two attached hydrogens (primary N) is 1. The quantitative estimate of drug-likeness (QED) is 0.418. The molecule has 0 fully saturated rings. The third-order valence-corrected chi connectivity index (χ3v) is 3.46. The highest BCUT2D eigenvalue weighted by atomic mass is 32.2. The van der Waals surface area contributed by atoms with Crippen molar-refractivity contribution in [3.63, 3.8) is 0 Å². The summed E-state index contributed by atoms with van der Waals surface area (Å²) in [5, 5.41) is 3.04. The van der Waals surface area contributed by atoms with Crippen LogP contribution in [0, 0.1) is 5.82 Å². The number of hydrogen-bond donors (Lipinski definition) is 2. The lowest BCUT2D eigenvalue weighted by Gasteiger charge is -2.08. The first-order valence-electron chi connectivity index (χ1n) is 7.05. The van der Waals surface area contributed by atoms with E-state index in [0.29, 0.717) is 19.1 Å². The summed E-state index contributed by atoms with van der Waals surface area (Å²) in [5.74, 6) is 0.962. The minimum atomic E-state index is -0.214. The Kier molecular flexibility index (Phi) is 8.85. The lowest BCUT2D eigenvalue weighted by atomic mass is 10.1. The van der Waals surface area contributed by atoms with E-state index in [0.717, 1.165) is 36.5 Å². The summed E-state index contributed by atoms with van der Waals surface area (Å²) in [7, 11) is 0. The average Bonchev–Trinajstić information content (AvgIpc) is 2.46. The van der Waals surface area contributed by atoms with Crippen LogP contribution in [0.1, 0.15) is 24.5 Å². The highest BCUT2D eigenvalue weighted by Gasteiger charge is 2.03. The van der Waals surface area contributed by atoms with Crippen molar-refractivity contribution in [3.05, 3.63) is 35.1 Å². The van der Waals surface area contributed by atoms with Crippen molar-refractivity contribution >= 4 is 17.7 Å². The van der Waals surface area contributed by atoms with Crippen LogP contribution in [0.5, 0.6) is 0 Å². The molecule has 3 N–H and O–H groups in total. The molecule has 4 nitrogen and oxygen atoms in total. The first-order chi connectivity index (χ1) is 10.2. The molecule has 0 spiro atoms. The number of nitrogens with zero attached hydrogens (tertiary/aromatic N) is 1. The molecule has 0 saturated carbocycles. The summed E-state index contributed by atoms with van der Waals surface area (Å²) in [6.45, 7) is 4.61. The van der Waals surface area contributed by atoms with Gasteiger partial charge in [0.05, 0.1) is 6.54 Å². The third kappa shape index (κ3) is 7.34. The molecule has 21 heavy (non-hydrogen) atoms. The van der Waals surface area contributed by atoms with Crippen molar-refractivity contribution < 1.29 is 9.13 Å². The van der Waals surface area contributed by atoms with E-state index in [4.69, 9.17) is 10.5 Å². The molecule has 0 radical (unpaired) electrons. The fraction of sp³-hybridized carbons (Fsp3) is 0.533. The van der Waals surface area contributed by atoms with Gasteiger partial charge in [-0.15, -0.1) is 0 Å². The van der Waals surface area contributed by atoms with E-state index in [1.165, 1.54) is 6.07 Å². The zero-order valence-electron chi connectivity index (χ0n) is 12.7. The normalized spacial score (nSPS) is 11.7. The number of rotatable bonds is 9. The minimum Gasteiger partial charge on any atom is -0.382 e. The van der Waals surface area contributed by atoms with Crippen molar-refractivity contribution in [2.75, 3.05) is 26.0 Å². The van der Waals surface area contributed by atoms with Gasteiger partial charge in [-0.3, -0.25) is 0 Å². The topological polar surface area (TPSA) is 59.6 Å². The van der Waals surface area contributed by atoms with Gasteiger partial charge in [-0.25, -0.2) is 9.38 Å². The number of benzene rings is 1. The summed E-state index contributed by atoms with van der Waals surface area (Å²) in [5.41, 5.74) is 7.78. The maximum Gasteiger partial charge on any atom is 0.188 e. The second kappa shape index (κ2) is 10.5. The van der Waals surface area contributed by atoms with Gasteiger partial charge < -0.3 is 15.8 Å². The number of ether oxygens (including phenoxy) is 1. The number of guanidine groups is 1. The second-order valence-corrected chi connectivity index (χ2v) is 5.39. The summed E-state index contributed by atoms with van der Waals surface area (Å²) in [4.78, 5) is 4.30. The largest absolute Gasteiger partial charge is 0.382 e. The van der Waals surface area contributed by atoms with Gasteiger partial charge in [0.25, 0.3) is 0 Å². The summed E-state index contributed by atoms with van der Waals surface area (Å²) in [6, 6.07) is 4.79. The lowest BCUT2D eigenvalue weighted by Crippen LogP contribution is -2.32. The molecule has 1 aromatic rings. The number of aliphatic imine (C=N–C) groups is 1. The van der Waals surface area contributed by atoms with Crippen molar-refractivity contribution in [2.24, 2.45) is 10.7 Å². The van der Waals surface area contributed by atoms with Crippen LogP contribution in [0.25, 0.3) is 0 Å². The maximum atomic E-state index is 13.2. The van der Waals surface area contributed by atoms with Crippen molar-refractivity contribution in [3.8, 4) is 0 Å². The summed E-state index contributed by atoms with van der Waals surface area (Å²) in [6.07, 6.45) is 2.88. The summed E-state index contributed by atoms with van der Waals surface area (Å²) >= 11 is 1.66. The molecule has 0 unspecified atom stereocenters. The molecule has 118 valence electrons. The Morgan fingerprint density at radius 1 is 1.43 bits per heavy atom. The van der Waals surface area contributed by atoms with Gasteiger partial charge in [-0.05, 0) is 42.9 Å². The van der Waals surface area contributed by atoms with E-state index in [2.05, 4.69) is 10.3 Å². The van der Waals surface area contributed by atoms with Gasteiger partial charge in [0.2, 0.25) is 0 Å². The first kappa shape index (κ1) is 17.8. The lowest BCUT2D eigenvalue weighted by molar-refractivity contribution is 0.145. The van der Waals surface area contributed by atoms with Crippen LogP contribution in [0.2, 0.25) is 0 Å². The predicted molar refractivity (Wildman–Crippen MR) is 88.1 cm³/mol. The number of halogens is 1. The molecular weight excluding hydrogens is 289 g/mol. The van der Waals surface area contributed by atoms with Gasteiger partial charge in [0.15, 0.2) is 5.96 Å². The molecule has 0 heterocycles. The Morgan fingerprint density at radius 2 is 2.24 bits per heavy atom. The fourth-order valence-corrected chi connectivity index (χ4v) is 2.38. The number of nitrogens with one attached hydrogen (secondary N) is 1. The first-order valence-corrected chi connectivity index (χ1v) is 8.44. The van der Waals surface area contributed by atoms with Crippen LogP contribution < -0.4 is 11.1 Å². The van der Waals surface area contributed by atoms with Crippen molar-refractivity contribution in [2.45, 2.75) is 25.6 Å². The van der Waals surface area contributed by atoms with Crippen molar-refractivity contribution in [1.29, 1.82) is 0 Å². The fourth-order valence-electron chi connectivity index (χ4n) is 1.80. The van der Waals surface area contributed by atoms with E-state index >= 15 is 0 Å². The van der Waals surface area contributed by atoms with Crippen LogP contribution in [0.3, 0.4) is 0 Å². The second-order valence-electron chi connectivity index (χ2n) is 4.52. The predicted octanol–water partition coefficient (Wildman–Crippen LogP) is 2.52. The van der Waals surface area contributed by atoms with E-state index in [-0.39, 0.29) is 5.82 Å². The molecule has 1 aromatic carbocycles. The Bertz CT molecular complexity index is 455. The third-order valence-electron chi connectivity index (χ3n) is 2.86. The van der Waals surface area contributed by atoms with Crippen LogP contribution in [-0.4, -0.2) is 32.0 Å². The van der Waals surface area contributed by atoms with Gasteiger partial charge in [0.1, 0.15) is 5.82 Å². The van der Waals surface area contributed by atoms with Crippen LogP contribution in [0.15, 0.2) is 23.2 Å². The van der Waals surface area contributed by atoms with Crippen LogP contribution >= 0.6 is 11.8 Å². The van der Waals surface area contributed by atoms with E-state index in [1.54, 1.807) is 23.9 Å². The molecular formula is C15H24FN3OS. The Labute approximate surface area is 130 Å². The van der Waals surface area contributed by atoms with Crippen LogP contribution in [-0.2, 0) is 17.0 Å². The molecule has 0 bridgehead atoms. The van der Waals surface area contributed by atoms with Crippen molar-refractivity contribution in [1.82, 2.24) is 5.32 Å². The van der Waals surface area contributed by atoms with Gasteiger partial charge in [-0.1, -0.05) is 6.07 Å². The molecule has 0 aromatic heterocycles. The molecule has 1 rings (SSSR count). The molecule has 0 saturated heterocycles. The highest BCUT2D eigenvalue weighted by Crippen LogP contribution is 2.17. The van der Waals surface area contributed by atoms with Gasteiger partial charge >= 0.3 is 0 Å². The van der Waals surface area contributed by atoms with E-state index < -0.39 is 0 Å². The van der Waals surface area contributed by atoms with Gasteiger partial charge in [0, 0.05) is 25.5 Å². The zero-order chi connectivity index (χ0) is 15.5. The SMILES string of the molecule is CCOCCCNC(N)=NCc1ccc(F)cc1CSC. The molecule has 0 amide bonds. The van der Waals surface area contributed by atoms with E-state index in [9.17, 15) is 4.39 Å². The summed E-state index contributed by atoms with van der Waals surface area (Å²) < 4.78 is 18.5. The van der Waals surface area contributed by atoms with Gasteiger partial charge in [-0.2, -0.15) is 11.8 Å². The van der Waals surface area contributed by atoms with E-state index in [1.807, 2.05) is 13.2 Å². The molecule has 6 heteroatoms. The average molecular weight is 313 g/mol. The molecule has 0 atom stereocenters. The standard InChI is InChI=1S/C15H24FN3OS/c1-3-20-8-4-7-18-15(17)19-10-12-5-6-14(16)9-13(12)11-21-2/h5-6,9H,3-4,7-8,10-11H2,1-2H3,(H3,17,18,19). The Balaban J connectivity index is 2.47. The highest BCUT2D eigenvalue weighted by molar-refractivity contribution is 7.97. The zero-order valence-corrected chi connectivity index (χ0v) is 13.5. The number of hydrogen-bond acceptors (Lipinski definition) is 3. The molecule has 0 aliphatic rings. The minimum absolute atomic E-state index is 0.214. The number of thioether (sulfide) groups is 1. The van der Waals surface area contributed by atoms with Crippen LogP contribution in [0.4, 0.5) is 4.39 Å². The molecule has 0 aliphatic carbocycles.